The van der Waals surface area contributed by atoms with Crippen LogP contribution in [0.4, 0.5) is 15.8 Å². The molecule has 2 amide bonds. The van der Waals surface area contributed by atoms with Gasteiger partial charge in [-0.3, -0.25) is 9.59 Å². The van der Waals surface area contributed by atoms with Gasteiger partial charge < -0.3 is 15.0 Å². The largest absolute Gasteiger partial charge is 0.483 e. The first kappa shape index (κ1) is 17.4. The summed E-state index contributed by atoms with van der Waals surface area (Å²) in [6.45, 7) is 1.59. The van der Waals surface area contributed by atoms with Gasteiger partial charge in [0.05, 0.1) is 15.8 Å². The number of halogens is 2. The van der Waals surface area contributed by atoms with Crippen LogP contribution >= 0.6 is 15.9 Å². The standard InChI is InChI=1S/C18H16BrFN2O3/c1-11-8-17(23)21-14-4-2-3-5-15(14)22(11)18(24)10-25-16-7-6-12(20)9-13(16)19/h2-7,9,11H,8,10H2,1H3,(H,21,23)/t11-/m0/s1. The van der Waals surface area contributed by atoms with Gasteiger partial charge in [-0.15, -0.1) is 0 Å². The van der Waals surface area contributed by atoms with Crippen LogP contribution in [0.5, 0.6) is 5.75 Å². The molecule has 0 bridgehead atoms. The smallest absolute Gasteiger partial charge is 0.265 e. The Balaban J connectivity index is 1.81. The Bertz CT molecular complexity index is 828. The van der Waals surface area contributed by atoms with E-state index < -0.39 is 5.82 Å². The van der Waals surface area contributed by atoms with E-state index in [0.717, 1.165) is 0 Å². The van der Waals surface area contributed by atoms with Gasteiger partial charge in [0.1, 0.15) is 11.6 Å². The van der Waals surface area contributed by atoms with E-state index in [9.17, 15) is 14.0 Å². The van der Waals surface area contributed by atoms with Gasteiger partial charge in [-0.1, -0.05) is 12.1 Å². The van der Waals surface area contributed by atoms with E-state index in [4.69, 9.17) is 4.74 Å². The second-order valence-corrected chi connectivity index (χ2v) is 6.60. The zero-order chi connectivity index (χ0) is 18.0. The number of nitrogens with zero attached hydrogens (tertiary/aromatic N) is 1. The van der Waals surface area contributed by atoms with Gasteiger partial charge in [0.15, 0.2) is 6.61 Å². The lowest BCUT2D eigenvalue weighted by Crippen LogP contribution is -2.41. The monoisotopic (exact) mass is 406 g/mol. The number of hydrogen-bond acceptors (Lipinski definition) is 3. The van der Waals surface area contributed by atoms with Crippen LogP contribution in [0.25, 0.3) is 0 Å². The number of carbonyl (C=O) groups is 2. The van der Waals surface area contributed by atoms with Crippen LogP contribution in [0.3, 0.4) is 0 Å². The van der Waals surface area contributed by atoms with E-state index in [2.05, 4.69) is 21.2 Å². The van der Waals surface area contributed by atoms with E-state index in [1.807, 2.05) is 6.92 Å². The molecule has 1 aliphatic rings. The van der Waals surface area contributed by atoms with Crippen LogP contribution in [-0.2, 0) is 9.59 Å². The molecule has 2 aromatic rings. The molecular formula is C18H16BrFN2O3. The highest BCUT2D eigenvalue weighted by Gasteiger charge is 2.29. The highest BCUT2D eigenvalue weighted by Crippen LogP contribution is 2.31. The van der Waals surface area contributed by atoms with Crippen molar-refractivity contribution in [3.05, 3.63) is 52.8 Å². The van der Waals surface area contributed by atoms with Crippen LogP contribution in [-0.4, -0.2) is 24.5 Å². The number of nitrogens with one attached hydrogen (secondary N) is 1. The molecule has 7 heteroatoms. The van der Waals surface area contributed by atoms with Gasteiger partial charge in [0.25, 0.3) is 5.91 Å². The van der Waals surface area contributed by atoms with Crippen molar-refractivity contribution >= 4 is 39.1 Å². The Morgan fingerprint density at radius 1 is 1.36 bits per heavy atom. The molecule has 0 fully saturated rings. The molecule has 0 unspecified atom stereocenters. The summed E-state index contributed by atoms with van der Waals surface area (Å²) in [5.41, 5.74) is 1.22. The molecule has 0 spiro atoms. The third-order valence-corrected chi connectivity index (χ3v) is 4.49. The SMILES string of the molecule is C[C@H]1CC(=O)Nc2ccccc2N1C(=O)COc1ccc(F)cc1Br. The Morgan fingerprint density at radius 3 is 2.88 bits per heavy atom. The first-order chi connectivity index (χ1) is 12.0. The lowest BCUT2D eigenvalue weighted by Gasteiger charge is -2.27. The third kappa shape index (κ3) is 3.82. The number of hydrogen-bond donors (Lipinski definition) is 1. The predicted molar refractivity (Wildman–Crippen MR) is 96.2 cm³/mol. The molecule has 2 aromatic carbocycles. The molecule has 1 aliphatic heterocycles. The summed E-state index contributed by atoms with van der Waals surface area (Å²) in [7, 11) is 0. The number of carbonyl (C=O) groups excluding carboxylic acids is 2. The van der Waals surface area contributed by atoms with Gasteiger partial charge in [-0.2, -0.15) is 0 Å². The van der Waals surface area contributed by atoms with Gasteiger partial charge in [-0.05, 0) is 53.2 Å². The fourth-order valence-electron chi connectivity index (χ4n) is 2.77. The number of ether oxygens (including phenoxy) is 1. The Hall–Kier alpha value is -2.41. The van der Waals surface area contributed by atoms with Crippen molar-refractivity contribution in [1.82, 2.24) is 0 Å². The molecule has 0 aliphatic carbocycles. The normalized spacial score (nSPS) is 16.7. The molecule has 1 N–H and O–H groups in total. The summed E-state index contributed by atoms with van der Waals surface area (Å²) in [6.07, 6.45) is 0.195. The Kier molecular flexibility index (Phi) is 5.03. The first-order valence-electron chi connectivity index (χ1n) is 7.74. The van der Waals surface area contributed by atoms with Gasteiger partial charge in [0, 0.05) is 12.5 Å². The molecule has 1 heterocycles. The lowest BCUT2D eigenvalue weighted by atomic mass is 10.1. The number of anilines is 2. The summed E-state index contributed by atoms with van der Waals surface area (Å²) in [6, 6.07) is 10.8. The number of benzene rings is 2. The molecule has 130 valence electrons. The van der Waals surface area contributed by atoms with E-state index >= 15 is 0 Å². The summed E-state index contributed by atoms with van der Waals surface area (Å²) in [5, 5.41) is 2.80. The first-order valence-corrected chi connectivity index (χ1v) is 8.54. The topological polar surface area (TPSA) is 58.6 Å². The van der Waals surface area contributed by atoms with Crippen molar-refractivity contribution in [3.63, 3.8) is 0 Å². The average molecular weight is 407 g/mol. The summed E-state index contributed by atoms with van der Waals surface area (Å²) in [5.74, 6) is -0.449. The van der Waals surface area contributed by atoms with E-state index in [-0.39, 0.29) is 30.9 Å². The molecular weight excluding hydrogens is 391 g/mol. The van der Waals surface area contributed by atoms with Crippen molar-refractivity contribution in [2.24, 2.45) is 0 Å². The van der Waals surface area contributed by atoms with Crippen LogP contribution in [0.15, 0.2) is 46.9 Å². The molecule has 3 rings (SSSR count). The van der Waals surface area contributed by atoms with Crippen molar-refractivity contribution in [1.29, 1.82) is 0 Å². The molecule has 0 aromatic heterocycles. The van der Waals surface area contributed by atoms with Crippen molar-refractivity contribution in [3.8, 4) is 5.75 Å². The summed E-state index contributed by atoms with van der Waals surface area (Å²) >= 11 is 3.21. The Morgan fingerprint density at radius 2 is 2.12 bits per heavy atom. The van der Waals surface area contributed by atoms with E-state index in [1.54, 1.807) is 29.2 Å². The second-order valence-electron chi connectivity index (χ2n) is 5.75. The molecule has 5 nitrogen and oxygen atoms in total. The second kappa shape index (κ2) is 7.23. The maximum atomic E-state index is 13.1. The maximum absolute atomic E-state index is 13.1. The van der Waals surface area contributed by atoms with Crippen LogP contribution in [0.2, 0.25) is 0 Å². The number of para-hydroxylation sites is 2. The average Bonchev–Trinajstić information content (AvgIpc) is 2.68. The highest BCUT2D eigenvalue weighted by molar-refractivity contribution is 9.10. The predicted octanol–water partition coefficient (Wildman–Crippen LogP) is 3.73. The minimum atomic E-state index is -0.398. The number of rotatable bonds is 3. The van der Waals surface area contributed by atoms with Crippen molar-refractivity contribution in [2.45, 2.75) is 19.4 Å². The third-order valence-electron chi connectivity index (χ3n) is 3.87. The molecule has 25 heavy (non-hydrogen) atoms. The minimum absolute atomic E-state index is 0.141. The zero-order valence-corrected chi connectivity index (χ0v) is 15.0. The quantitative estimate of drug-likeness (QED) is 0.844. The van der Waals surface area contributed by atoms with Crippen molar-refractivity contribution in [2.75, 3.05) is 16.8 Å². The maximum Gasteiger partial charge on any atom is 0.265 e. The highest BCUT2D eigenvalue weighted by atomic mass is 79.9. The van der Waals surface area contributed by atoms with Crippen LogP contribution < -0.4 is 15.0 Å². The zero-order valence-electron chi connectivity index (χ0n) is 13.5. The summed E-state index contributed by atoms with van der Waals surface area (Å²) < 4.78 is 19.1. The Labute approximate surface area is 152 Å². The molecule has 1 atom stereocenters. The number of amides is 2. The minimum Gasteiger partial charge on any atom is -0.483 e. The fourth-order valence-corrected chi connectivity index (χ4v) is 3.23. The fraction of sp³-hybridized carbons (Fsp3) is 0.222. The van der Waals surface area contributed by atoms with Crippen LogP contribution in [0, 0.1) is 5.82 Å². The molecule has 0 saturated carbocycles. The van der Waals surface area contributed by atoms with Gasteiger partial charge in [-0.25, -0.2) is 4.39 Å². The van der Waals surface area contributed by atoms with Gasteiger partial charge in [0.2, 0.25) is 5.91 Å². The number of fused-ring (bicyclic) bond motifs is 1. The molecule has 0 radical (unpaired) electrons. The van der Waals surface area contributed by atoms with E-state index in [0.29, 0.717) is 21.6 Å². The van der Waals surface area contributed by atoms with E-state index in [1.165, 1.54) is 18.2 Å². The summed E-state index contributed by atoms with van der Waals surface area (Å²) in [4.78, 5) is 26.3. The van der Waals surface area contributed by atoms with Crippen LogP contribution in [0.1, 0.15) is 13.3 Å². The van der Waals surface area contributed by atoms with Gasteiger partial charge >= 0.3 is 0 Å². The molecule has 0 saturated heterocycles. The lowest BCUT2D eigenvalue weighted by molar-refractivity contribution is -0.121. The van der Waals surface area contributed by atoms with Crippen molar-refractivity contribution < 1.29 is 18.7 Å².